The molecule has 4 nitrogen and oxygen atoms in total. The Morgan fingerprint density at radius 2 is 2.19 bits per heavy atom. The molecule has 0 atom stereocenters. The molecule has 0 saturated carbocycles. The van der Waals surface area contributed by atoms with E-state index in [9.17, 15) is 4.79 Å². The van der Waals surface area contributed by atoms with Gasteiger partial charge < -0.3 is 5.32 Å². The number of aromatic nitrogens is 2. The van der Waals surface area contributed by atoms with E-state index in [1.165, 1.54) is 17.3 Å². The average molecular weight is 340 g/mol. The van der Waals surface area contributed by atoms with E-state index < -0.39 is 0 Å². The topological polar surface area (TPSA) is 54.9 Å². The Morgan fingerprint density at radius 1 is 1.33 bits per heavy atom. The molecule has 0 radical (unpaired) electrons. The third-order valence-electron chi connectivity index (χ3n) is 2.74. The van der Waals surface area contributed by atoms with Gasteiger partial charge in [-0.05, 0) is 30.9 Å². The monoisotopic (exact) mass is 339 g/mol. The lowest BCUT2D eigenvalue weighted by Crippen LogP contribution is -2.14. The molecular formula is C14H17N3OS3. The third-order valence-corrected chi connectivity index (χ3v) is 4.96. The van der Waals surface area contributed by atoms with Gasteiger partial charge in [-0.3, -0.25) is 4.79 Å². The van der Waals surface area contributed by atoms with E-state index in [1.54, 1.807) is 23.5 Å². The van der Waals surface area contributed by atoms with Crippen LogP contribution in [0.4, 0.5) is 5.69 Å². The first-order valence-electron chi connectivity index (χ1n) is 6.42. The van der Waals surface area contributed by atoms with E-state index in [4.69, 9.17) is 0 Å². The van der Waals surface area contributed by atoms with Crippen LogP contribution in [-0.2, 0) is 16.3 Å². The molecule has 112 valence electrons. The summed E-state index contributed by atoms with van der Waals surface area (Å²) < 4.78 is 8.33. The fourth-order valence-electron chi connectivity index (χ4n) is 1.72. The third kappa shape index (κ3) is 5.33. The summed E-state index contributed by atoms with van der Waals surface area (Å²) in [6.07, 6.45) is 2.07. The number of nitrogens with zero attached hydrogens (tertiary/aromatic N) is 2. The summed E-state index contributed by atoms with van der Waals surface area (Å²) in [7, 11) is 0. The highest BCUT2D eigenvalue weighted by Crippen LogP contribution is 2.17. The molecule has 21 heavy (non-hydrogen) atoms. The molecule has 0 aliphatic rings. The number of carbonyl (C=O) groups is 1. The van der Waals surface area contributed by atoms with Crippen molar-refractivity contribution in [2.45, 2.75) is 18.4 Å². The molecule has 0 saturated heterocycles. The van der Waals surface area contributed by atoms with Gasteiger partial charge in [0.2, 0.25) is 5.91 Å². The predicted molar refractivity (Wildman–Crippen MR) is 93.1 cm³/mol. The van der Waals surface area contributed by atoms with Crippen LogP contribution in [0.2, 0.25) is 0 Å². The van der Waals surface area contributed by atoms with Gasteiger partial charge in [0.05, 0.1) is 28.9 Å². The molecule has 0 spiro atoms. The molecule has 1 heterocycles. The lowest BCUT2D eigenvalue weighted by Gasteiger charge is -2.06. The smallest absolute Gasteiger partial charge is 0.234 e. The molecule has 1 aromatic carbocycles. The summed E-state index contributed by atoms with van der Waals surface area (Å²) in [6.45, 7) is 1.94. The number of nitrogens with one attached hydrogen (secondary N) is 1. The van der Waals surface area contributed by atoms with Crippen molar-refractivity contribution in [3.05, 3.63) is 41.2 Å². The SMILES string of the molecule is CSCc1cccc(NC(=O)CSCc2nsnc2C)c1. The van der Waals surface area contributed by atoms with E-state index >= 15 is 0 Å². The number of amides is 1. The Bertz CT molecular complexity index is 601. The maximum Gasteiger partial charge on any atom is 0.234 e. The first kappa shape index (κ1) is 16.3. The standard InChI is InChI=1S/C14H17N3OS3/c1-10-13(17-21-16-10)8-20-9-14(18)15-12-5-3-4-11(6-12)7-19-2/h3-6H,7-9H2,1-2H3,(H,15,18). The van der Waals surface area contributed by atoms with Gasteiger partial charge in [-0.15, -0.1) is 11.8 Å². The minimum absolute atomic E-state index is 0.0159. The van der Waals surface area contributed by atoms with Gasteiger partial charge >= 0.3 is 0 Å². The summed E-state index contributed by atoms with van der Waals surface area (Å²) in [6, 6.07) is 7.98. The van der Waals surface area contributed by atoms with Gasteiger partial charge in [-0.25, -0.2) is 0 Å². The Morgan fingerprint density at radius 3 is 2.90 bits per heavy atom. The highest BCUT2D eigenvalue weighted by atomic mass is 32.2. The second-order valence-electron chi connectivity index (χ2n) is 4.47. The van der Waals surface area contributed by atoms with Crippen LogP contribution in [0.15, 0.2) is 24.3 Å². The Labute approximate surface area is 137 Å². The molecule has 1 N–H and O–H groups in total. The lowest BCUT2D eigenvalue weighted by atomic mass is 10.2. The zero-order valence-corrected chi connectivity index (χ0v) is 14.4. The molecular weight excluding hydrogens is 322 g/mol. The highest BCUT2D eigenvalue weighted by molar-refractivity contribution is 7.99. The number of benzene rings is 1. The minimum Gasteiger partial charge on any atom is -0.325 e. The van der Waals surface area contributed by atoms with Crippen LogP contribution in [-0.4, -0.2) is 26.7 Å². The number of hydrogen-bond acceptors (Lipinski definition) is 6. The van der Waals surface area contributed by atoms with Gasteiger partial charge in [0.15, 0.2) is 0 Å². The zero-order chi connectivity index (χ0) is 15.1. The fraction of sp³-hybridized carbons (Fsp3) is 0.357. The van der Waals surface area contributed by atoms with Crippen molar-refractivity contribution >= 4 is 46.8 Å². The minimum atomic E-state index is 0.0159. The first-order valence-corrected chi connectivity index (χ1v) is 9.70. The summed E-state index contributed by atoms with van der Waals surface area (Å²) in [5.74, 6) is 2.11. The van der Waals surface area contributed by atoms with E-state index in [1.807, 2.05) is 25.1 Å². The van der Waals surface area contributed by atoms with Gasteiger partial charge in [0.1, 0.15) is 0 Å². The maximum atomic E-state index is 11.9. The van der Waals surface area contributed by atoms with Crippen molar-refractivity contribution in [2.75, 3.05) is 17.3 Å². The number of carbonyl (C=O) groups excluding carboxylic acids is 1. The number of rotatable bonds is 7. The van der Waals surface area contributed by atoms with Crippen molar-refractivity contribution in [1.29, 1.82) is 0 Å². The van der Waals surface area contributed by atoms with Crippen molar-refractivity contribution < 1.29 is 4.79 Å². The van der Waals surface area contributed by atoms with E-state index in [-0.39, 0.29) is 5.91 Å². The summed E-state index contributed by atoms with van der Waals surface area (Å²) >= 11 is 4.54. The Hall–Kier alpha value is -1.05. The van der Waals surface area contributed by atoms with Crippen LogP contribution >= 0.6 is 35.3 Å². The van der Waals surface area contributed by atoms with Crippen molar-refractivity contribution in [3.63, 3.8) is 0 Å². The fourth-order valence-corrected chi connectivity index (χ4v) is 3.71. The van der Waals surface area contributed by atoms with Gasteiger partial charge in [-0.1, -0.05) is 12.1 Å². The van der Waals surface area contributed by atoms with Crippen LogP contribution in [0.5, 0.6) is 0 Å². The molecule has 0 unspecified atom stereocenters. The molecule has 0 aliphatic heterocycles. The molecule has 1 aromatic heterocycles. The van der Waals surface area contributed by atoms with Gasteiger partial charge in [0.25, 0.3) is 0 Å². The molecule has 0 fully saturated rings. The molecule has 2 rings (SSSR count). The molecule has 0 bridgehead atoms. The Kier molecular flexibility index (Phi) is 6.53. The van der Waals surface area contributed by atoms with Crippen molar-refractivity contribution in [3.8, 4) is 0 Å². The van der Waals surface area contributed by atoms with Crippen LogP contribution in [0, 0.1) is 6.92 Å². The average Bonchev–Trinajstić information content (AvgIpc) is 2.85. The highest BCUT2D eigenvalue weighted by Gasteiger charge is 2.07. The van der Waals surface area contributed by atoms with Crippen LogP contribution in [0.1, 0.15) is 17.0 Å². The van der Waals surface area contributed by atoms with Gasteiger partial charge in [0, 0.05) is 17.2 Å². The number of aryl methyl sites for hydroxylation is 1. The first-order chi connectivity index (χ1) is 10.2. The van der Waals surface area contributed by atoms with E-state index in [0.717, 1.165) is 28.6 Å². The quantitative estimate of drug-likeness (QED) is 0.835. The lowest BCUT2D eigenvalue weighted by molar-refractivity contribution is -0.113. The second kappa shape index (κ2) is 8.41. The number of anilines is 1. The Balaban J connectivity index is 1.79. The molecule has 1 amide bonds. The van der Waals surface area contributed by atoms with Crippen LogP contribution in [0.3, 0.4) is 0 Å². The van der Waals surface area contributed by atoms with E-state index in [0.29, 0.717) is 5.75 Å². The molecule has 7 heteroatoms. The molecule has 0 aliphatic carbocycles. The van der Waals surface area contributed by atoms with Crippen LogP contribution < -0.4 is 5.32 Å². The van der Waals surface area contributed by atoms with Crippen molar-refractivity contribution in [1.82, 2.24) is 8.75 Å². The summed E-state index contributed by atoms with van der Waals surface area (Å²) in [4.78, 5) is 11.9. The normalized spacial score (nSPS) is 10.6. The zero-order valence-electron chi connectivity index (χ0n) is 12.0. The molecule has 2 aromatic rings. The summed E-state index contributed by atoms with van der Waals surface area (Å²) in [5.41, 5.74) is 4.01. The second-order valence-corrected chi connectivity index (χ2v) is 6.85. The van der Waals surface area contributed by atoms with Gasteiger partial charge in [-0.2, -0.15) is 20.5 Å². The predicted octanol–water partition coefficient (Wildman–Crippen LogP) is 3.58. The summed E-state index contributed by atoms with van der Waals surface area (Å²) in [5, 5.41) is 2.93. The van der Waals surface area contributed by atoms with E-state index in [2.05, 4.69) is 26.4 Å². The maximum absolute atomic E-state index is 11.9. The largest absolute Gasteiger partial charge is 0.325 e. The van der Waals surface area contributed by atoms with Crippen LogP contribution in [0.25, 0.3) is 0 Å². The number of hydrogen-bond donors (Lipinski definition) is 1. The number of thioether (sulfide) groups is 2. The van der Waals surface area contributed by atoms with Crippen molar-refractivity contribution in [2.24, 2.45) is 0 Å².